The highest BCUT2D eigenvalue weighted by molar-refractivity contribution is 5.94. The SMILES string of the molecule is COC(=O)c1cccc(N)c1OCCC(C)(C)C. The lowest BCUT2D eigenvalue weighted by Gasteiger charge is -2.19. The molecule has 100 valence electrons. The minimum Gasteiger partial charge on any atom is -0.490 e. The number of rotatable bonds is 4. The van der Waals surface area contributed by atoms with Gasteiger partial charge >= 0.3 is 5.97 Å². The Morgan fingerprint density at radius 3 is 2.56 bits per heavy atom. The summed E-state index contributed by atoms with van der Waals surface area (Å²) in [5.41, 5.74) is 6.82. The average molecular weight is 251 g/mol. The first-order valence-electron chi connectivity index (χ1n) is 5.95. The van der Waals surface area contributed by atoms with E-state index in [9.17, 15) is 4.79 Å². The molecule has 0 amide bonds. The first-order valence-corrected chi connectivity index (χ1v) is 5.95. The standard InChI is InChI=1S/C14H21NO3/c1-14(2,3)8-9-18-12-10(13(16)17-4)6-5-7-11(12)15/h5-7H,8-9,15H2,1-4H3. The van der Waals surface area contributed by atoms with Crippen LogP contribution in [0.15, 0.2) is 18.2 Å². The number of para-hydroxylation sites is 1. The maximum atomic E-state index is 11.6. The summed E-state index contributed by atoms with van der Waals surface area (Å²) in [6, 6.07) is 5.06. The number of methoxy groups -OCH3 is 1. The molecule has 0 unspecified atom stereocenters. The number of hydrogen-bond acceptors (Lipinski definition) is 4. The number of esters is 1. The molecule has 1 rings (SSSR count). The van der Waals surface area contributed by atoms with Gasteiger partial charge in [0, 0.05) is 0 Å². The van der Waals surface area contributed by atoms with Crippen LogP contribution in [0.4, 0.5) is 5.69 Å². The Kier molecular flexibility index (Phi) is 4.59. The van der Waals surface area contributed by atoms with Crippen LogP contribution in [0.25, 0.3) is 0 Å². The summed E-state index contributed by atoms with van der Waals surface area (Å²) in [6.07, 6.45) is 0.877. The van der Waals surface area contributed by atoms with Gasteiger partial charge in [0.05, 0.1) is 19.4 Å². The van der Waals surface area contributed by atoms with Crippen molar-refractivity contribution in [3.8, 4) is 5.75 Å². The number of nitrogen functional groups attached to an aromatic ring is 1. The molecule has 4 nitrogen and oxygen atoms in total. The maximum absolute atomic E-state index is 11.6. The molecule has 0 aromatic heterocycles. The number of ether oxygens (including phenoxy) is 2. The lowest BCUT2D eigenvalue weighted by molar-refractivity contribution is 0.0595. The van der Waals surface area contributed by atoms with Crippen molar-refractivity contribution < 1.29 is 14.3 Å². The van der Waals surface area contributed by atoms with Crippen molar-refractivity contribution in [2.24, 2.45) is 5.41 Å². The molecule has 0 bridgehead atoms. The van der Waals surface area contributed by atoms with Gasteiger partial charge < -0.3 is 15.2 Å². The Morgan fingerprint density at radius 1 is 1.33 bits per heavy atom. The summed E-state index contributed by atoms with van der Waals surface area (Å²) in [5, 5.41) is 0. The van der Waals surface area contributed by atoms with Crippen LogP contribution in [0.2, 0.25) is 0 Å². The quantitative estimate of drug-likeness (QED) is 0.660. The van der Waals surface area contributed by atoms with E-state index in [2.05, 4.69) is 20.8 Å². The first kappa shape index (κ1) is 14.4. The van der Waals surface area contributed by atoms with Crippen LogP contribution < -0.4 is 10.5 Å². The lowest BCUT2D eigenvalue weighted by atomic mass is 9.93. The zero-order valence-corrected chi connectivity index (χ0v) is 11.4. The van der Waals surface area contributed by atoms with Crippen LogP contribution in [-0.4, -0.2) is 19.7 Å². The molecule has 0 atom stereocenters. The van der Waals surface area contributed by atoms with Gasteiger partial charge in [-0.2, -0.15) is 0 Å². The van der Waals surface area contributed by atoms with Crippen LogP contribution in [0.5, 0.6) is 5.75 Å². The van der Waals surface area contributed by atoms with Gasteiger partial charge in [0.1, 0.15) is 5.56 Å². The molecule has 0 aliphatic heterocycles. The van der Waals surface area contributed by atoms with Crippen LogP contribution >= 0.6 is 0 Å². The number of anilines is 1. The van der Waals surface area contributed by atoms with E-state index in [0.717, 1.165) is 6.42 Å². The lowest BCUT2D eigenvalue weighted by Crippen LogP contribution is -2.14. The second kappa shape index (κ2) is 5.76. The van der Waals surface area contributed by atoms with Gasteiger partial charge in [0.2, 0.25) is 0 Å². The van der Waals surface area contributed by atoms with E-state index in [1.807, 2.05) is 0 Å². The maximum Gasteiger partial charge on any atom is 0.341 e. The molecule has 0 saturated carbocycles. The normalized spacial score (nSPS) is 11.1. The van der Waals surface area contributed by atoms with Crippen molar-refractivity contribution in [3.05, 3.63) is 23.8 Å². The molecular weight excluding hydrogens is 230 g/mol. The third-order valence-corrected chi connectivity index (χ3v) is 2.55. The average Bonchev–Trinajstić information content (AvgIpc) is 2.28. The van der Waals surface area contributed by atoms with Crippen LogP contribution in [-0.2, 0) is 4.74 Å². The van der Waals surface area contributed by atoms with Crippen LogP contribution in [0, 0.1) is 5.41 Å². The fourth-order valence-corrected chi connectivity index (χ4v) is 1.45. The molecule has 1 aromatic carbocycles. The molecule has 1 aromatic rings. The van der Waals surface area contributed by atoms with E-state index in [1.54, 1.807) is 18.2 Å². The van der Waals surface area contributed by atoms with Gasteiger partial charge in [-0.25, -0.2) is 4.79 Å². The topological polar surface area (TPSA) is 61.5 Å². The van der Waals surface area contributed by atoms with E-state index >= 15 is 0 Å². The highest BCUT2D eigenvalue weighted by atomic mass is 16.5. The minimum absolute atomic E-state index is 0.176. The van der Waals surface area contributed by atoms with E-state index in [4.69, 9.17) is 15.2 Å². The van der Waals surface area contributed by atoms with Crippen molar-refractivity contribution in [1.29, 1.82) is 0 Å². The van der Waals surface area contributed by atoms with Crippen LogP contribution in [0.3, 0.4) is 0 Å². The van der Waals surface area contributed by atoms with Crippen molar-refractivity contribution >= 4 is 11.7 Å². The second-order valence-electron chi connectivity index (χ2n) is 5.37. The van der Waals surface area contributed by atoms with Gasteiger partial charge in [-0.3, -0.25) is 0 Å². The summed E-state index contributed by atoms with van der Waals surface area (Å²) in [7, 11) is 1.34. The largest absolute Gasteiger partial charge is 0.490 e. The number of hydrogen-bond donors (Lipinski definition) is 1. The fraction of sp³-hybridized carbons (Fsp3) is 0.500. The predicted molar refractivity (Wildman–Crippen MR) is 71.8 cm³/mol. The predicted octanol–water partition coefficient (Wildman–Crippen LogP) is 2.87. The fourth-order valence-electron chi connectivity index (χ4n) is 1.45. The number of nitrogens with two attached hydrogens (primary N) is 1. The molecule has 0 radical (unpaired) electrons. The van der Waals surface area contributed by atoms with Crippen molar-refractivity contribution in [1.82, 2.24) is 0 Å². The van der Waals surface area contributed by atoms with Crippen molar-refractivity contribution in [2.75, 3.05) is 19.5 Å². The summed E-state index contributed by atoms with van der Waals surface area (Å²) in [6.45, 7) is 6.91. The molecule has 0 heterocycles. The molecular formula is C14H21NO3. The molecule has 0 spiro atoms. The molecule has 4 heteroatoms. The zero-order valence-electron chi connectivity index (χ0n) is 11.4. The van der Waals surface area contributed by atoms with Crippen molar-refractivity contribution in [2.45, 2.75) is 27.2 Å². The molecule has 0 aliphatic rings. The smallest absolute Gasteiger partial charge is 0.341 e. The van der Waals surface area contributed by atoms with Gasteiger partial charge in [-0.05, 0) is 24.0 Å². The van der Waals surface area contributed by atoms with Gasteiger partial charge in [-0.1, -0.05) is 26.8 Å². The first-order chi connectivity index (χ1) is 8.35. The van der Waals surface area contributed by atoms with E-state index in [0.29, 0.717) is 23.6 Å². The van der Waals surface area contributed by atoms with E-state index in [1.165, 1.54) is 7.11 Å². The zero-order chi connectivity index (χ0) is 13.8. The summed E-state index contributed by atoms with van der Waals surface area (Å²) in [4.78, 5) is 11.6. The Morgan fingerprint density at radius 2 is 2.00 bits per heavy atom. The third kappa shape index (κ3) is 3.95. The minimum atomic E-state index is -0.437. The number of carbonyl (C=O) groups is 1. The molecule has 0 saturated heterocycles. The number of carbonyl (C=O) groups excluding carboxylic acids is 1. The Hall–Kier alpha value is -1.71. The molecule has 18 heavy (non-hydrogen) atoms. The van der Waals surface area contributed by atoms with E-state index in [-0.39, 0.29) is 5.41 Å². The second-order valence-corrected chi connectivity index (χ2v) is 5.37. The highest BCUT2D eigenvalue weighted by Gasteiger charge is 2.17. The summed E-state index contributed by atoms with van der Waals surface area (Å²) < 4.78 is 10.3. The Balaban J connectivity index is 2.83. The Labute approximate surface area is 108 Å². The third-order valence-electron chi connectivity index (χ3n) is 2.55. The number of benzene rings is 1. The Bertz CT molecular complexity index is 422. The monoisotopic (exact) mass is 251 g/mol. The molecule has 0 aliphatic carbocycles. The van der Waals surface area contributed by atoms with Gasteiger partial charge in [0.25, 0.3) is 0 Å². The molecule has 2 N–H and O–H groups in total. The highest BCUT2D eigenvalue weighted by Crippen LogP contribution is 2.28. The molecule has 0 fully saturated rings. The summed E-state index contributed by atoms with van der Waals surface area (Å²) in [5.74, 6) is -0.0262. The van der Waals surface area contributed by atoms with Crippen molar-refractivity contribution in [3.63, 3.8) is 0 Å². The summed E-state index contributed by atoms with van der Waals surface area (Å²) >= 11 is 0. The van der Waals surface area contributed by atoms with E-state index < -0.39 is 5.97 Å². The van der Waals surface area contributed by atoms with Gasteiger partial charge in [-0.15, -0.1) is 0 Å². The van der Waals surface area contributed by atoms with Crippen LogP contribution in [0.1, 0.15) is 37.6 Å². The van der Waals surface area contributed by atoms with Gasteiger partial charge in [0.15, 0.2) is 5.75 Å².